The van der Waals surface area contributed by atoms with Gasteiger partial charge >= 0.3 is 0 Å². The third-order valence-electron chi connectivity index (χ3n) is 5.70. The lowest BCUT2D eigenvalue weighted by molar-refractivity contribution is -0.130. The number of para-hydroxylation sites is 1. The zero-order valence-corrected chi connectivity index (χ0v) is 16.8. The SMILES string of the molecule is CCn1cc(C(=O)CCC(=O)N2CC=C(c3ccccc3)CC2)c2ccccc21. The molecule has 0 N–H and O–H groups in total. The van der Waals surface area contributed by atoms with E-state index < -0.39 is 0 Å². The van der Waals surface area contributed by atoms with Crippen LogP contribution in [0.2, 0.25) is 0 Å². The lowest BCUT2D eigenvalue weighted by atomic mass is 9.99. The average Bonchev–Trinajstić information content (AvgIpc) is 3.17. The summed E-state index contributed by atoms with van der Waals surface area (Å²) >= 11 is 0. The van der Waals surface area contributed by atoms with Gasteiger partial charge in [0.25, 0.3) is 0 Å². The molecule has 0 atom stereocenters. The van der Waals surface area contributed by atoms with Crippen LogP contribution in [0.25, 0.3) is 16.5 Å². The first-order valence-corrected chi connectivity index (χ1v) is 10.3. The Labute approximate surface area is 171 Å². The number of hydrogen-bond donors (Lipinski definition) is 0. The molecule has 3 aromatic rings. The van der Waals surface area contributed by atoms with Crippen LogP contribution in [0.5, 0.6) is 0 Å². The summed E-state index contributed by atoms with van der Waals surface area (Å²) < 4.78 is 2.09. The number of amides is 1. The molecule has 1 aliphatic rings. The number of ketones is 1. The first kappa shape index (κ1) is 19.2. The van der Waals surface area contributed by atoms with Gasteiger partial charge in [0.2, 0.25) is 5.91 Å². The van der Waals surface area contributed by atoms with Crippen LogP contribution < -0.4 is 0 Å². The Morgan fingerprint density at radius 1 is 0.966 bits per heavy atom. The Balaban J connectivity index is 1.38. The highest BCUT2D eigenvalue weighted by atomic mass is 16.2. The van der Waals surface area contributed by atoms with E-state index in [1.807, 2.05) is 53.6 Å². The summed E-state index contributed by atoms with van der Waals surface area (Å²) in [6.45, 7) is 4.21. The molecule has 4 nitrogen and oxygen atoms in total. The number of nitrogens with zero attached hydrogens (tertiary/aromatic N) is 2. The molecule has 29 heavy (non-hydrogen) atoms. The minimum atomic E-state index is 0.0410. The van der Waals surface area contributed by atoms with E-state index in [-0.39, 0.29) is 24.5 Å². The molecule has 0 saturated heterocycles. The Morgan fingerprint density at radius 2 is 1.72 bits per heavy atom. The summed E-state index contributed by atoms with van der Waals surface area (Å²) in [5, 5.41) is 0.972. The second-order valence-electron chi connectivity index (χ2n) is 7.45. The van der Waals surface area contributed by atoms with E-state index >= 15 is 0 Å². The molecule has 2 heterocycles. The van der Waals surface area contributed by atoms with Gasteiger partial charge in [0.05, 0.1) is 0 Å². The largest absolute Gasteiger partial charge is 0.347 e. The summed E-state index contributed by atoms with van der Waals surface area (Å²) in [4.78, 5) is 27.3. The van der Waals surface area contributed by atoms with Crippen LogP contribution in [-0.2, 0) is 11.3 Å². The Hall–Kier alpha value is -3.14. The van der Waals surface area contributed by atoms with E-state index in [9.17, 15) is 9.59 Å². The monoisotopic (exact) mass is 386 g/mol. The molecule has 0 spiro atoms. The highest BCUT2D eigenvalue weighted by molar-refractivity contribution is 6.08. The van der Waals surface area contributed by atoms with Crippen LogP contribution >= 0.6 is 0 Å². The number of hydrogen-bond acceptors (Lipinski definition) is 2. The van der Waals surface area contributed by atoms with Crippen LogP contribution in [0.15, 0.2) is 66.9 Å². The van der Waals surface area contributed by atoms with Crippen molar-refractivity contribution >= 4 is 28.2 Å². The molecule has 0 fully saturated rings. The molecule has 1 amide bonds. The van der Waals surface area contributed by atoms with Crippen LogP contribution in [0.3, 0.4) is 0 Å². The van der Waals surface area contributed by atoms with Gasteiger partial charge in [-0.3, -0.25) is 9.59 Å². The van der Waals surface area contributed by atoms with E-state index in [4.69, 9.17) is 0 Å². The molecule has 4 rings (SSSR count). The fraction of sp³-hybridized carbons (Fsp3) is 0.280. The molecular weight excluding hydrogens is 360 g/mol. The number of benzene rings is 2. The number of carbonyl (C=O) groups excluding carboxylic acids is 2. The van der Waals surface area contributed by atoms with Gasteiger partial charge in [-0.1, -0.05) is 54.6 Å². The lowest BCUT2D eigenvalue weighted by Gasteiger charge is -2.26. The van der Waals surface area contributed by atoms with E-state index in [1.165, 1.54) is 11.1 Å². The first-order valence-electron chi connectivity index (χ1n) is 10.3. The molecular formula is C25H26N2O2. The number of fused-ring (bicyclic) bond motifs is 1. The van der Waals surface area contributed by atoms with Crippen molar-refractivity contribution in [1.82, 2.24) is 9.47 Å². The van der Waals surface area contributed by atoms with Crippen molar-refractivity contribution in [3.63, 3.8) is 0 Å². The van der Waals surface area contributed by atoms with Crippen molar-refractivity contribution in [3.8, 4) is 0 Å². The normalized spacial score (nSPS) is 14.1. The zero-order chi connectivity index (χ0) is 20.2. The molecule has 4 heteroatoms. The number of aromatic nitrogens is 1. The van der Waals surface area contributed by atoms with Crippen molar-refractivity contribution < 1.29 is 9.59 Å². The van der Waals surface area contributed by atoms with Gasteiger partial charge in [0, 0.05) is 55.1 Å². The minimum absolute atomic E-state index is 0.0410. The second-order valence-corrected chi connectivity index (χ2v) is 7.45. The zero-order valence-electron chi connectivity index (χ0n) is 16.8. The topological polar surface area (TPSA) is 42.3 Å². The lowest BCUT2D eigenvalue weighted by Crippen LogP contribution is -2.34. The molecule has 0 aliphatic carbocycles. The van der Waals surface area contributed by atoms with Gasteiger partial charge in [-0.25, -0.2) is 0 Å². The summed E-state index contributed by atoms with van der Waals surface area (Å²) in [5.74, 6) is 0.0974. The van der Waals surface area contributed by atoms with Gasteiger partial charge in [0.15, 0.2) is 5.78 Å². The number of rotatable bonds is 6. The molecule has 1 aliphatic heterocycles. The van der Waals surface area contributed by atoms with Crippen LogP contribution in [0.4, 0.5) is 0 Å². The fourth-order valence-corrected chi connectivity index (χ4v) is 4.05. The Kier molecular flexibility index (Phi) is 5.61. The van der Waals surface area contributed by atoms with Crippen molar-refractivity contribution in [2.45, 2.75) is 32.7 Å². The maximum atomic E-state index is 12.8. The van der Waals surface area contributed by atoms with Crippen LogP contribution in [0, 0.1) is 0 Å². The predicted octanol–water partition coefficient (Wildman–Crippen LogP) is 4.94. The summed E-state index contributed by atoms with van der Waals surface area (Å²) in [6.07, 6.45) is 5.43. The minimum Gasteiger partial charge on any atom is -0.347 e. The molecule has 0 unspecified atom stereocenters. The van der Waals surface area contributed by atoms with Gasteiger partial charge in [0.1, 0.15) is 0 Å². The Morgan fingerprint density at radius 3 is 2.45 bits per heavy atom. The molecule has 1 aromatic heterocycles. The van der Waals surface area contributed by atoms with E-state index in [1.54, 1.807) is 0 Å². The first-order chi connectivity index (χ1) is 14.2. The standard InChI is InChI=1S/C25H26N2O2/c1-2-26-18-22(21-10-6-7-11-23(21)26)24(28)12-13-25(29)27-16-14-20(15-17-27)19-8-4-3-5-9-19/h3-11,14,18H,2,12-13,15-17H2,1H3. The average molecular weight is 386 g/mol. The van der Waals surface area contributed by atoms with Gasteiger partial charge < -0.3 is 9.47 Å². The molecule has 2 aromatic carbocycles. The third kappa shape index (κ3) is 4.02. The van der Waals surface area contributed by atoms with E-state index in [0.29, 0.717) is 13.1 Å². The highest BCUT2D eigenvalue weighted by Crippen LogP contribution is 2.24. The number of Topliss-reactive ketones (excluding diaryl/α,β-unsaturated/α-hetero) is 1. The maximum absolute atomic E-state index is 12.8. The maximum Gasteiger partial charge on any atom is 0.223 e. The fourth-order valence-electron chi connectivity index (χ4n) is 4.05. The summed E-state index contributed by atoms with van der Waals surface area (Å²) in [6, 6.07) is 18.3. The summed E-state index contributed by atoms with van der Waals surface area (Å²) in [5.41, 5.74) is 4.31. The highest BCUT2D eigenvalue weighted by Gasteiger charge is 2.20. The van der Waals surface area contributed by atoms with Crippen molar-refractivity contribution in [2.24, 2.45) is 0 Å². The van der Waals surface area contributed by atoms with Crippen molar-refractivity contribution in [2.75, 3.05) is 13.1 Å². The summed E-state index contributed by atoms with van der Waals surface area (Å²) in [7, 11) is 0. The van der Waals surface area contributed by atoms with Gasteiger partial charge in [-0.15, -0.1) is 0 Å². The molecule has 148 valence electrons. The number of carbonyl (C=O) groups is 2. The molecule has 0 saturated carbocycles. The van der Waals surface area contributed by atoms with Crippen LogP contribution in [-0.4, -0.2) is 34.2 Å². The molecule has 0 bridgehead atoms. The van der Waals surface area contributed by atoms with Crippen molar-refractivity contribution in [3.05, 3.63) is 78.0 Å². The Bertz CT molecular complexity index is 1060. The van der Waals surface area contributed by atoms with Crippen molar-refractivity contribution in [1.29, 1.82) is 0 Å². The van der Waals surface area contributed by atoms with Crippen LogP contribution in [0.1, 0.15) is 42.1 Å². The number of aryl methyl sites for hydroxylation is 1. The molecule has 0 radical (unpaired) electrons. The second kappa shape index (κ2) is 8.48. The van der Waals surface area contributed by atoms with Gasteiger partial charge in [-0.05, 0) is 30.5 Å². The third-order valence-corrected chi connectivity index (χ3v) is 5.70. The van der Waals surface area contributed by atoms with Gasteiger partial charge in [-0.2, -0.15) is 0 Å². The van der Waals surface area contributed by atoms with E-state index in [0.717, 1.165) is 29.4 Å². The smallest absolute Gasteiger partial charge is 0.223 e. The van der Waals surface area contributed by atoms with E-state index in [2.05, 4.69) is 29.7 Å². The predicted molar refractivity (Wildman–Crippen MR) is 117 cm³/mol. The quantitative estimate of drug-likeness (QED) is 0.563.